The minimum absolute atomic E-state index is 0.196. The molecule has 6 heteroatoms. The number of aryl methyl sites for hydroxylation is 1. The quantitative estimate of drug-likeness (QED) is 0.727. The number of carbonyl (C=O) groups is 1. The van der Waals surface area contributed by atoms with Crippen molar-refractivity contribution >= 4 is 23.5 Å². The van der Waals surface area contributed by atoms with Crippen LogP contribution < -0.4 is 5.73 Å². The number of carboxylic acid groups (broad SMARTS) is 1. The normalized spacial score (nSPS) is 15.5. The second-order valence-corrected chi connectivity index (χ2v) is 4.50. The zero-order valence-electron chi connectivity index (χ0n) is 8.06. The highest BCUT2D eigenvalue weighted by Crippen LogP contribution is 2.22. The molecular formula is C9H11N3O2S. The maximum atomic E-state index is 10.7. The average Bonchev–Trinajstić information content (AvgIpc) is 2.42. The lowest BCUT2D eigenvalue weighted by Crippen LogP contribution is -2.13. The topological polar surface area (TPSA) is 89.1 Å². The van der Waals surface area contributed by atoms with Gasteiger partial charge in [-0.1, -0.05) is 0 Å². The molecular weight excluding hydrogens is 214 g/mol. The molecule has 0 amide bonds. The van der Waals surface area contributed by atoms with E-state index in [-0.39, 0.29) is 5.82 Å². The Morgan fingerprint density at radius 2 is 2.07 bits per heavy atom. The third kappa shape index (κ3) is 2.04. The summed E-state index contributed by atoms with van der Waals surface area (Å²) in [6, 6.07) is 0. The molecule has 0 unspecified atom stereocenters. The van der Waals surface area contributed by atoms with E-state index < -0.39 is 5.97 Å². The SMILES string of the molecule is Nc1nc(C(=O)O)nc2c1CCSCC2. The van der Waals surface area contributed by atoms with Crippen LogP contribution in [0, 0.1) is 0 Å². The van der Waals surface area contributed by atoms with Gasteiger partial charge in [0.2, 0.25) is 5.82 Å². The number of nitrogens with zero attached hydrogens (tertiary/aromatic N) is 2. The van der Waals surface area contributed by atoms with Crippen molar-refractivity contribution < 1.29 is 9.90 Å². The van der Waals surface area contributed by atoms with Crippen molar-refractivity contribution in [2.45, 2.75) is 12.8 Å². The number of aromatic nitrogens is 2. The Kier molecular flexibility index (Phi) is 2.77. The van der Waals surface area contributed by atoms with Crippen LogP contribution in [-0.4, -0.2) is 32.5 Å². The first-order valence-corrected chi connectivity index (χ1v) is 5.80. The number of nitrogen functional groups attached to an aromatic ring is 1. The molecule has 0 aliphatic carbocycles. The van der Waals surface area contributed by atoms with Gasteiger partial charge in [0.15, 0.2) is 0 Å². The van der Waals surface area contributed by atoms with Crippen LogP contribution in [0.15, 0.2) is 0 Å². The average molecular weight is 225 g/mol. The summed E-state index contributed by atoms with van der Waals surface area (Å²) in [4.78, 5) is 18.6. The Morgan fingerprint density at radius 3 is 2.80 bits per heavy atom. The van der Waals surface area contributed by atoms with E-state index in [0.29, 0.717) is 5.82 Å². The highest BCUT2D eigenvalue weighted by atomic mass is 32.2. The molecule has 2 heterocycles. The van der Waals surface area contributed by atoms with Crippen molar-refractivity contribution in [2.75, 3.05) is 17.2 Å². The Hall–Kier alpha value is -1.30. The van der Waals surface area contributed by atoms with E-state index in [1.807, 2.05) is 11.8 Å². The highest BCUT2D eigenvalue weighted by Gasteiger charge is 2.17. The van der Waals surface area contributed by atoms with Crippen LogP contribution in [0.1, 0.15) is 21.9 Å². The molecule has 0 saturated heterocycles. The summed E-state index contributed by atoms with van der Waals surface area (Å²) < 4.78 is 0. The second-order valence-electron chi connectivity index (χ2n) is 3.28. The van der Waals surface area contributed by atoms with Gasteiger partial charge in [-0.05, 0) is 24.3 Å². The molecule has 0 spiro atoms. The fourth-order valence-electron chi connectivity index (χ4n) is 1.57. The van der Waals surface area contributed by atoms with Gasteiger partial charge in [0.25, 0.3) is 0 Å². The van der Waals surface area contributed by atoms with E-state index in [1.54, 1.807) is 0 Å². The van der Waals surface area contributed by atoms with Gasteiger partial charge in [0.1, 0.15) is 5.82 Å². The lowest BCUT2D eigenvalue weighted by molar-refractivity contribution is 0.0683. The largest absolute Gasteiger partial charge is 0.475 e. The van der Waals surface area contributed by atoms with Crippen LogP contribution in [0.4, 0.5) is 5.82 Å². The van der Waals surface area contributed by atoms with Crippen molar-refractivity contribution in [1.82, 2.24) is 9.97 Å². The molecule has 0 saturated carbocycles. The molecule has 0 radical (unpaired) electrons. The summed E-state index contributed by atoms with van der Waals surface area (Å²) in [6.45, 7) is 0. The molecule has 80 valence electrons. The first kappa shape index (κ1) is 10.2. The molecule has 15 heavy (non-hydrogen) atoms. The summed E-state index contributed by atoms with van der Waals surface area (Å²) in [5.74, 6) is 0.953. The van der Waals surface area contributed by atoms with E-state index in [9.17, 15) is 4.79 Å². The van der Waals surface area contributed by atoms with Crippen molar-refractivity contribution in [2.24, 2.45) is 0 Å². The summed E-state index contributed by atoms with van der Waals surface area (Å²) >= 11 is 1.82. The molecule has 1 aromatic heterocycles. The Balaban J connectivity index is 2.48. The monoisotopic (exact) mass is 225 g/mol. The number of carboxylic acids is 1. The number of hydrogen-bond donors (Lipinski definition) is 2. The van der Waals surface area contributed by atoms with Gasteiger partial charge in [-0.15, -0.1) is 0 Å². The van der Waals surface area contributed by atoms with Crippen LogP contribution in [0.2, 0.25) is 0 Å². The van der Waals surface area contributed by atoms with Gasteiger partial charge in [-0.2, -0.15) is 11.8 Å². The lowest BCUT2D eigenvalue weighted by atomic mass is 10.1. The standard InChI is InChI=1S/C9H11N3O2S/c10-7-5-1-3-15-4-2-6(5)11-8(12-7)9(13)14/h1-4H2,(H,13,14)(H2,10,11,12). The molecule has 1 aliphatic rings. The number of anilines is 1. The van der Waals surface area contributed by atoms with Gasteiger partial charge < -0.3 is 10.8 Å². The van der Waals surface area contributed by atoms with Gasteiger partial charge in [0, 0.05) is 5.56 Å². The Bertz CT molecular complexity index is 409. The predicted octanol–water partition coefficient (Wildman–Crippen LogP) is 0.589. The van der Waals surface area contributed by atoms with Crippen molar-refractivity contribution in [3.8, 4) is 0 Å². The maximum Gasteiger partial charge on any atom is 0.374 e. The number of fused-ring (bicyclic) bond motifs is 1. The molecule has 2 rings (SSSR count). The summed E-state index contributed by atoms with van der Waals surface area (Å²) in [5, 5.41) is 8.80. The number of hydrogen-bond acceptors (Lipinski definition) is 5. The first-order chi connectivity index (χ1) is 7.18. The predicted molar refractivity (Wildman–Crippen MR) is 58.1 cm³/mol. The lowest BCUT2D eigenvalue weighted by Gasteiger charge is -2.07. The minimum atomic E-state index is -1.12. The van der Waals surface area contributed by atoms with Crippen molar-refractivity contribution in [1.29, 1.82) is 0 Å². The van der Waals surface area contributed by atoms with Gasteiger partial charge >= 0.3 is 5.97 Å². The van der Waals surface area contributed by atoms with Gasteiger partial charge in [-0.3, -0.25) is 0 Å². The van der Waals surface area contributed by atoms with E-state index in [0.717, 1.165) is 35.6 Å². The fraction of sp³-hybridized carbons (Fsp3) is 0.444. The van der Waals surface area contributed by atoms with Crippen LogP contribution in [0.25, 0.3) is 0 Å². The zero-order valence-corrected chi connectivity index (χ0v) is 8.88. The van der Waals surface area contributed by atoms with Crippen LogP contribution in [0.3, 0.4) is 0 Å². The maximum absolute atomic E-state index is 10.7. The Labute approximate surface area is 91.1 Å². The van der Waals surface area contributed by atoms with Crippen LogP contribution in [0.5, 0.6) is 0 Å². The van der Waals surface area contributed by atoms with Gasteiger partial charge in [-0.25, -0.2) is 14.8 Å². The minimum Gasteiger partial charge on any atom is -0.475 e. The molecule has 0 atom stereocenters. The number of aromatic carboxylic acids is 1. The van der Waals surface area contributed by atoms with Crippen LogP contribution in [-0.2, 0) is 12.8 Å². The molecule has 1 aliphatic heterocycles. The third-order valence-electron chi connectivity index (χ3n) is 2.30. The summed E-state index contributed by atoms with van der Waals surface area (Å²) in [5.41, 5.74) is 7.44. The van der Waals surface area contributed by atoms with E-state index in [2.05, 4.69) is 9.97 Å². The van der Waals surface area contributed by atoms with E-state index >= 15 is 0 Å². The molecule has 0 fully saturated rings. The number of thioether (sulfide) groups is 1. The van der Waals surface area contributed by atoms with Crippen LogP contribution >= 0.6 is 11.8 Å². The Morgan fingerprint density at radius 1 is 1.33 bits per heavy atom. The van der Waals surface area contributed by atoms with E-state index in [4.69, 9.17) is 10.8 Å². The summed E-state index contributed by atoms with van der Waals surface area (Å²) in [6.07, 6.45) is 1.60. The van der Waals surface area contributed by atoms with E-state index in [1.165, 1.54) is 0 Å². The molecule has 5 nitrogen and oxygen atoms in total. The molecule has 1 aromatic rings. The van der Waals surface area contributed by atoms with Gasteiger partial charge in [0.05, 0.1) is 5.69 Å². The first-order valence-electron chi connectivity index (χ1n) is 4.65. The summed E-state index contributed by atoms with van der Waals surface area (Å²) in [7, 11) is 0. The van der Waals surface area contributed by atoms with Crippen molar-refractivity contribution in [3.05, 3.63) is 17.1 Å². The smallest absolute Gasteiger partial charge is 0.374 e. The fourth-order valence-corrected chi connectivity index (χ4v) is 2.46. The van der Waals surface area contributed by atoms with Crippen molar-refractivity contribution in [3.63, 3.8) is 0 Å². The molecule has 0 aromatic carbocycles. The number of nitrogens with two attached hydrogens (primary N) is 1. The zero-order chi connectivity index (χ0) is 10.8. The molecule has 0 bridgehead atoms. The second kappa shape index (κ2) is 4.06. The third-order valence-corrected chi connectivity index (χ3v) is 3.28. The molecule has 3 N–H and O–H groups in total. The highest BCUT2D eigenvalue weighted by molar-refractivity contribution is 7.99. The number of rotatable bonds is 1.